The van der Waals surface area contributed by atoms with Gasteiger partial charge >= 0.3 is 0 Å². The minimum atomic E-state index is -0.276. The average Bonchev–Trinajstić information content (AvgIpc) is 3.54. The van der Waals surface area contributed by atoms with Crippen LogP contribution in [-0.2, 0) is 9.59 Å². The second-order valence-electron chi connectivity index (χ2n) is 9.13. The van der Waals surface area contributed by atoms with Gasteiger partial charge < -0.3 is 5.32 Å². The van der Waals surface area contributed by atoms with E-state index in [2.05, 4.69) is 17.5 Å². The zero-order chi connectivity index (χ0) is 21.4. The Hall–Kier alpha value is -2.92. The van der Waals surface area contributed by atoms with Crippen molar-refractivity contribution in [1.82, 2.24) is 0 Å². The number of halogens is 1. The molecule has 31 heavy (non-hydrogen) atoms. The Balaban J connectivity index is 1.22. The van der Waals surface area contributed by atoms with Gasteiger partial charge in [0.05, 0.1) is 17.5 Å². The molecule has 5 aliphatic rings. The van der Waals surface area contributed by atoms with E-state index in [0.717, 1.165) is 12.0 Å². The number of nitrogens with zero attached hydrogens (tertiary/aromatic N) is 1. The Kier molecular flexibility index (Phi) is 3.97. The summed E-state index contributed by atoms with van der Waals surface area (Å²) in [5, 5.41) is 3.41. The zero-order valence-electron chi connectivity index (χ0n) is 16.9. The average molecular weight is 433 g/mol. The highest BCUT2D eigenvalue weighted by atomic mass is 35.5. The molecular weight excluding hydrogens is 412 g/mol. The van der Waals surface area contributed by atoms with Gasteiger partial charge in [0.15, 0.2) is 0 Å². The van der Waals surface area contributed by atoms with Gasteiger partial charge in [0, 0.05) is 16.3 Å². The van der Waals surface area contributed by atoms with Crippen molar-refractivity contribution in [2.45, 2.75) is 13.3 Å². The van der Waals surface area contributed by atoms with Crippen LogP contribution >= 0.6 is 11.6 Å². The number of allylic oxidation sites excluding steroid dienone is 2. The summed E-state index contributed by atoms with van der Waals surface area (Å²) >= 11 is 6.13. The Morgan fingerprint density at radius 1 is 0.968 bits per heavy atom. The van der Waals surface area contributed by atoms with E-state index < -0.39 is 0 Å². The first-order valence-electron chi connectivity index (χ1n) is 10.7. The van der Waals surface area contributed by atoms with E-state index in [9.17, 15) is 14.4 Å². The van der Waals surface area contributed by atoms with Crippen molar-refractivity contribution in [1.29, 1.82) is 0 Å². The summed E-state index contributed by atoms with van der Waals surface area (Å²) in [6.07, 6.45) is 5.48. The fourth-order valence-corrected chi connectivity index (χ4v) is 6.03. The second kappa shape index (κ2) is 6.54. The van der Waals surface area contributed by atoms with Gasteiger partial charge in [0.1, 0.15) is 0 Å². The van der Waals surface area contributed by atoms with Crippen molar-refractivity contribution < 1.29 is 14.4 Å². The van der Waals surface area contributed by atoms with Crippen molar-refractivity contribution in [2.24, 2.45) is 35.5 Å². The SMILES string of the molecule is Cc1ccc(NC(=O)c2ccc(N3C(=O)[C@@H]4[C@H]5C=C[C@@H]([C@@H]6C[C@H]56)[C@@H]4C3=O)cc2)cc1Cl. The Morgan fingerprint density at radius 3 is 2.16 bits per heavy atom. The topological polar surface area (TPSA) is 66.5 Å². The number of hydrogen-bond acceptors (Lipinski definition) is 3. The number of benzene rings is 2. The minimum Gasteiger partial charge on any atom is -0.322 e. The summed E-state index contributed by atoms with van der Waals surface area (Å²) in [4.78, 5) is 40.4. The summed E-state index contributed by atoms with van der Waals surface area (Å²) in [5.74, 6) is 0.657. The monoisotopic (exact) mass is 432 g/mol. The molecule has 6 atom stereocenters. The van der Waals surface area contributed by atoms with E-state index in [0.29, 0.717) is 33.8 Å². The van der Waals surface area contributed by atoms with Crippen molar-refractivity contribution in [3.63, 3.8) is 0 Å². The summed E-state index contributed by atoms with van der Waals surface area (Å²) in [6.45, 7) is 1.90. The molecule has 156 valence electrons. The molecule has 1 N–H and O–H groups in total. The van der Waals surface area contributed by atoms with Crippen molar-refractivity contribution >= 4 is 40.7 Å². The summed E-state index contributed by atoms with van der Waals surface area (Å²) in [7, 11) is 0. The molecule has 2 saturated carbocycles. The Morgan fingerprint density at radius 2 is 1.58 bits per heavy atom. The predicted octanol–water partition coefficient (Wildman–Crippen LogP) is 4.46. The first-order chi connectivity index (χ1) is 14.9. The third-order valence-corrected chi connectivity index (χ3v) is 7.89. The minimum absolute atomic E-state index is 0.0915. The van der Waals surface area contributed by atoms with Crippen LogP contribution in [0.1, 0.15) is 22.3 Å². The van der Waals surface area contributed by atoms with Crippen LogP contribution in [0.2, 0.25) is 5.02 Å². The highest BCUT2D eigenvalue weighted by molar-refractivity contribution is 6.31. The maximum absolute atomic E-state index is 13.2. The molecule has 2 bridgehead atoms. The molecule has 0 radical (unpaired) electrons. The number of aryl methyl sites for hydroxylation is 1. The number of nitrogens with one attached hydrogen (secondary N) is 1. The van der Waals surface area contributed by atoms with Crippen LogP contribution in [0.25, 0.3) is 0 Å². The molecular formula is C25H21ClN2O3. The predicted molar refractivity (Wildman–Crippen MR) is 118 cm³/mol. The lowest BCUT2D eigenvalue weighted by Gasteiger charge is -2.37. The normalized spacial score (nSPS) is 32.1. The fraction of sp³-hybridized carbons (Fsp3) is 0.320. The lowest BCUT2D eigenvalue weighted by atomic mass is 9.63. The highest BCUT2D eigenvalue weighted by Crippen LogP contribution is 2.65. The van der Waals surface area contributed by atoms with Gasteiger partial charge in [-0.15, -0.1) is 0 Å². The fourth-order valence-electron chi connectivity index (χ4n) is 5.85. The van der Waals surface area contributed by atoms with Gasteiger partial charge in [-0.2, -0.15) is 0 Å². The Labute approximate surface area is 185 Å². The van der Waals surface area contributed by atoms with Crippen LogP contribution in [0.5, 0.6) is 0 Å². The van der Waals surface area contributed by atoms with Crippen LogP contribution in [-0.4, -0.2) is 17.7 Å². The molecule has 1 aliphatic heterocycles. The smallest absolute Gasteiger partial charge is 0.255 e. The van der Waals surface area contributed by atoms with Crippen molar-refractivity contribution in [3.05, 3.63) is 70.8 Å². The standard InChI is InChI=1S/C25H21ClN2O3/c1-12-2-5-14(10-20(12)26)27-23(29)13-3-6-15(7-4-13)28-24(30)21-16-8-9-17(19-11-18(16)19)22(21)25(28)31/h2-10,16-19,21-22H,11H2,1H3,(H,27,29)/t16-,17-,18-,19+,21-,22+/m0/s1. The molecule has 2 aromatic carbocycles. The lowest BCUT2D eigenvalue weighted by molar-refractivity contribution is -0.124. The maximum Gasteiger partial charge on any atom is 0.255 e. The van der Waals surface area contributed by atoms with Crippen molar-refractivity contribution in [3.8, 4) is 0 Å². The number of anilines is 2. The molecule has 7 rings (SSSR count). The first-order valence-corrected chi connectivity index (χ1v) is 11.1. The molecule has 3 amide bonds. The van der Waals surface area contributed by atoms with E-state index in [1.807, 2.05) is 13.0 Å². The zero-order valence-corrected chi connectivity index (χ0v) is 17.7. The van der Waals surface area contributed by atoms with Gasteiger partial charge in [-0.3, -0.25) is 19.3 Å². The lowest BCUT2D eigenvalue weighted by Crippen LogP contribution is -2.40. The maximum atomic E-state index is 13.2. The van der Waals surface area contributed by atoms with Gasteiger partial charge in [0.2, 0.25) is 11.8 Å². The highest BCUT2D eigenvalue weighted by Gasteiger charge is 2.67. The van der Waals surface area contributed by atoms with Gasteiger partial charge in [-0.25, -0.2) is 0 Å². The number of hydrogen-bond donors (Lipinski definition) is 1. The molecule has 1 saturated heterocycles. The summed E-state index contributed by atoms with van der Waals surface area (Å²) in [6, 6.07) is 12.0. The molecule has 5 nitrogen and oxygen atoms in total. The van der Waals surface area contributed by atoms with Gasteiger partial charge in [-0.1, -0.05) is 29.8 Å². The van der Waals surface area contributed by atoms with Crippen LogP contribution in [0.3, 0.4) is 0 Å². The molecule has 1 heterocycles. The van der Waals surface area contributed by atoms with E-state index in [1.54, 1.807) is 36.4 Å². The van der Waals surface area contributed by atoms with Crippen molar-refractivity contribution in [2.75, 3.05) is 10.2 Å². The molecule has 4 aliphatic carbocycles. The molecule has 3 fully saturated rings. The number of carbonyl (C=O) groups is 3. The third kappa shape index (κ3) is 2.72. The quantitative estimate of drug-likeness (QED) is 0.575. The van der Waals surface area contributed by atoms with E-state index >= 15 is 0 Å². The largest absolute Gasteiger partial charge is 0.322 e. The first kappa shape index (κ1) is 18.8. The molecule has 6 heteroatoms. The Bertz CT molecular complexity index is 1140. The van der Waals surface area contributed by atoms with Gasteiger partial charge in [-0.05, 0) is 79.0 Å². The van der Waals surface area contributed by atoms with Crippen LogP contribution in [0.4, 0.5) is 11.4 Å². The number of amides is 3. The molecule has 0 aromatic heterocycles. The number of imide groups is 1. The second-order valence-corrected chi connectivity index (χ2v) is 9.54. The molecule has 2 aromatic rings. The molecule has 0 unspecified atom stereocenters. The number of carbonyl (C=O) groups excluding carboxylic acids is 3. The number of rotatable bonds is 3. The van der Waals surface area contributed by atoms with E-state index in [4.69, 9.17) is 11.6 Å². The summed E-state index contributed by atoms with van der Waals surface area (Å²) < 4.78 is 0. The van der Waals surface area contributed by atoms with Crippen LogP contribution in [0, 0.1) is 42.4 Å². The van der Waals surface area contributed by atoms with Crippen LogP contribution < -0.4 is 10.2 Å². The van der Waals surface area contributed by atoms with E-state index in [1.165, 1.54) is 4.90 Å². The van der Waals surface area contributed by atoms with Crippen LogP contribution in [0.15, 0.2) is 54.6 Å². The van der Waals surface area contributed by atoms with E-state index in [-0.39, 0.29) is 41.4 Å². The summed E-state index contributed by atoms with van der Waals surface area (Å²) in [5.41, 5.74) is 2.53. The molecule has 0 spiro atoms. The van der Waals surface area contributed by atoms with Gasteiger partial charge in [0.25, 0.3) is 5.91 Å². The third-order valence-electron chi connectivity index (χ3n) is 7.48.